The van der Waals surface area contributed by atoms with Crippen LogP contribution in [0.1, 0.15) is 11.3 Å². The zero-order chi connectivity index (χ0) is 18.7. The topological polar surface area (TPSA) is 85.4 Å². The van der Waals surface area contributed by atoms with Crippen LogP contribution < -0.4 is 10.1 Å². The largest absolute Gasteiger partial charge is 0.497 e. The fraction of sp³-hybridized carbons (Fsp3) is 0.412. The van der Waals surface area contributed by atoms with E-state index in [-0.39, 0.29) is 28.4 Å². The molecule has 1 amide bonds. The number of aromatic nitrogens is 1. The first-order valence-electron chi connectivity index (χ1n) is 8.10. The van der Waals surface area contributed by atoms with Crippen LogP contribution in [0.3, 0.4) is 0 Å². The molecule has 0 unspecified atom stereocenters. The van der Waals surface area contributed by atoms with Gasteiger partial charge in [0.25, 0.3) is 0 Å². The smallest absolute Gasteiger partial charge is 0.236 e. The van der Waals surface area contributed by atoms with Crippen molar-refractivity contribution in [2.75, 3.05) is 29.7 Å². The molecule has 0 saturated carbocycles. The van der Waals surface area contributed by atoms with Gasteiger partial charge in [-0.2, -0.15) is 0 Å². The third kappa shape index (κ3) is 4.77. The third-order valence-electron chi connectivity index (χ3n) is 4.05. The highest BCUT2D eigenvalue weighted by Crippen LogP contribution is 2.31. The Balaban J connectivity index is 1.59. The molecule has 1 aromatic carbocycles. The van der Waals surface area contributed by atoms with E-state index in [9.17, 15) is 13.2 Å². The lowest BCUT2D eigenvalue weighted by molar-refractivity contribution is -0.113. The Kier molecular flexibility index (Phi) is 5.89. The van der Waals surface area contributed by atoms with Crippen LogP contribution in [-0.2, 0) is 14.6 Å². The Morgan fingerprint density at radius 3 is 2.73 bits per heavy atom. The van der Waals surface area contributed by atoms with E-state index in [1.165, 1.54) is 23.1 Å². The molecule has 26 heavy (non-hydrogen) atoms. The summed E-state index contributed by atoms with van der Waals surface area (Å²) in [4.78, 5) is 17.7. The molecular weight excluding hydrogens is 392 g/mol. The van der Waals surface area contributed by atoms with E-state index in [1.807, 2.05) is 31.2 Å². The van der Waals surface area contributed by atoms with Crippen molar-refractivity contribution in [3.05, 3.63) is 29.1 Å². The lowest BCUT2D eigenvalue weighted by Crippen LogP contribution is -2.17. The normalized spacial score (nSPS) is 18.6. The van der Waals surface area contributed by atoms with Gasteiger partial charge in [0.1, 0.15) is 5.75 Å². The minimum atomic E-state index is -2.91. The number of ether oxygens (including phenoxy) is 1. The first-order valence-corrected chi connectivity index (χ1v) is 11.8. The molecule has 1 aliphatic rings. The van der Waals surface area contributed by atoms with Crippen LogP contribution in [0.4, 0.5) is 5.13 Å². The van der Waals surface area contributed by atoms with Gasteiger partial charge in [0, 0.05) is 15.7 Å². The Morgan fingerprint density at radius 2 is 2.12 bits per heavy atom. The molecule has 9 heteroatoms. The van der Waals surface area contributed by atoms with Crippen molar-refractivity contribution in [3.63, 3.8) is 0 Å². The number of thiazole rings is 1. The zero-order valence-corrected chi connectivity index (χ0v) is 17.0. The summed E-state index contributed by atoms with van der Waals surface area (Å²) in [7, 11) is -1.29. The minimum absolute atomic E-state index is 0.0126. The van der Waals surface area contributed by atoms with Crippen molar-refractivity contribution in [1.82, 2.24) is 4.98 Å². The van der Waals surface area contributed by atoms with Crippen LogP contribution in [0.15, 0.2) is 24.3 Å². The molecule has 1 aromatic heterocycles. The fourth-order valence-electron chi connectivity index (χ4n) is 2.71. The second-order valence-corrected chi connectivity index (χ2v) is 10.8. The van der Waals surface area contributed by atoms with Gasteiger partial charge in [0.15, 0.2) is 15.0 Å². The maximum Gasteiger partial charge on any atom is 0.236 e. The van der Waals surface area contributed by atoms with E-state index in [2.05, 4.69) is 10.3 Å². The van der Waals surface area contributed by atoms with Crippen molar-refractivity contribution < 1.29 is 17.9 Å². The number of carbonyl (C=O) groups excluding carboxylic acids is 1. The highest BCUT2D eigenvalue weighted by molar-refractivity contribution is 8.02. The lowest BCUT2D eigenvalue weighted by atomic mass is 10.1. The molecule has 140 valence electrons. The van der Waals surface area contributed by atoms with Gasteiger partial charge < -0.3 is 10.1 Å². The van der Waals surface area contributed by atoms with Crippen LogP contribution in [-0.4, -0.2) is 48.9 Å². The number of methoxy groups -OCH3 is 1. The van der Waals surface area contributed by atoms with Gasteiger partial charge in [-0.1, -0.05) is 0 Å². The number of rotatable bonds is 6. The van der Waals surface area contributed by atoms with Crippen molar-refractivity contribution >= 4 is 44.0 Å². The molecule has 1 atom stereocenters. The summed E-state index contributed by atoms with van der Waals surface area (Å²) in [5, 5.41) is 3.38. The van der Waals surface area contributed by atoms with Crippen molar-refractivity contribution in [1.29, 1.82) is 0 Å². The number of hydrogen-bond donors (Lipinski definition) is 1. The molecule has 0 spiro atoms. The predicted molar refractivity (Wildman–Crippen MR) is 107 cm³/mol. The molecular formula is C17H20N2O4S3. The number of nitrogens with zero attached hydrogens (tertiary/aromatic N) is 1. The number of aryl methyl sites for hydroxylation is 1. The molecule has 3 rings (SSSR count). The number of amides is 1. The van der Waals surface area contributed by atoms with Crippen LogP contribution in [0.25, 0.3) is 11.3 Å². The Bertz CT molecular complexity index is 891. The number of hydrogen-bond acceptors (Lipinski definition) is 7. The lowest BCUT2D eigenvalue weighted by Gasteiger charge is -2.06. The quantitative estimate of drug-likeness (QED) is 0.785. The fourth-order valence-corrected chi connectivity index (χ4v) is 7.00. The average molecular weight is 413 g/mol. The van der Waals surface area contributed by atoms with Crippen molar-refractivity contribution in [2.24, 2.45) is 0 Å². The average Bonchev–Trinajstić information content (AvgIpc) is 3.14. The maximum absolute atomic E-state index is 12.1. The summed E-state index contributed by atoms with van der Waals surface area (Å²) < 4.78 is 28.1. The van der Waals surface area contributed by atoms with E-state index in [4.69, 9.17) is 4.74 Å². The second-order valence-electron chi connectivity index (χ2n) is 6.04. The number of thioether (sulfide) groups is 1. The Morgan fingerprint density at radius 1 is 1.38 bits per heavy atom. The Hall–Kier alpha value is -1.58. The number of sulfone groups is 1. The van der Waals surface area contributed by atoms with E-state index in [0.717, 1.165) is 21.9 Å². The van der Waals surface area contributed by atoms with Crippen molar-refractivity contribution in [2.45, 2.75) is 18.6 Å². The molecule has 1 saturated heterocycles. The first-order chi connectivity index (χ1) is 12.4. The third-order valence-corrected chi connectivity index (χ3v) is 8.21. The summed E-state index contributed by atoms with van der Waals surface area (Å²) in [6.07, 6.45) is 0.623. The highest BCUT2D eigenvalue weighted by atomic mass is 32.2. The minimum Gasteiger partial charge on any atom is -0.497 e. The molecule has 2 heterocycles. The van der Waals surface area contributed by atoms with Crippen LogP contribution in [0.2, 0.25) is 0 Å². The summed E-state index contributed by atoms with van der Waals surface area (Å²) in [6, 6.07) is 7.61. The summed E-state index contributed by atoms with van der Waals surface area (Å²) in [5.74, 6) is 1.25. The number of anilines is 1. The van der Waals surface area contributed by atoms with Gasteiger partial charge >= 0.3 is 0 Å². The molecule has 2 aromatic rings. The van der Waals surface area contributed by atoms with E-state index in [1.54, 1.807) is 7.11 Å². The molecule has 6 nitrogen and oxygen atoms in total. The monoisotopic (exact) mass is 412 g/mol. The molecule has 1 N–H and O–H groups in total. The second kappa shape index (κ2) is 7.98. The number of carbonyl (C=O) groups is 1. The zero-order valence-electron chi connectivity index (χ0n) is 14.5. The van der Waals surface area contributed by atoms with Gasteiger partial charge in [-0.15, -0.1) is 23.1 Å². The predicted octanol–water partition coefficient (Wildman–Crippen LogP) is 2.99. The van der Waals surface area contributed by atoms with E-state index < -0.39 is 9.84 Å². The van der Waals surface area contributed by atoms with Crippen LogP contribution in [0, 0.1) is 6.92 Å². The standard InChI is InChI=1S/C17H20N2O4S3/c1-11-16(12-3-5-13(23-2)6-4-12)19-17(25-11)18-15(20)9-24-14-7-8-26(21,22)10-14/h3-6,14H,7-10H2,1-2H3,(H,18,19,20)/t14-/m1/s1. The highest BCUT2D eigenvalue weighted by Gasteiger charge is 2.28. The molecule has 0 radical (unpaired) electrons. The Labute approximate surface area is 161 Å². The van der Waals surface area contributed by atoms with Crippen molar-refractivity contribution in [3.8, 4) is 17.0 Å². The van der Waals surface area contributed by atoms with Crippen LogP contribution in [0.5, 0.6) is 5.75 Å². The van der Waals surface area contributed by atoms with Gasteiger partial charge in [0.2, 0.25) is 5.91 Å². The molecule has 0 aliphatic carbocycles. The van der Waals surface area contributed by atoms with Gasteiger partial charge in [-0.25, -0.2) is 13.4 Å². The van der Waals surface area contributed by atoms with Gasteiger partial charge in [-0.05, 0) is 37.6 Å². The summed E-state index contributed by atoms with van der Waals surface area (Å²) >= 11 is 2.82. The first kappa shape index (κ1) is 19.2. The SMILES string of the molecule is COc1ccc(-c2nc(NC(=O)CS[C@@H]3CCS(=O)(=O)C3)sc2C)cc1. The maximum atomic E-state index is 12.1. The van der Waals surface area contributed by atoms with Gasteiger partial charge in [-0.3, -0.25) is 4.79 Å². The summed E-state index contributed by atoms with van der Waals surface area (Å²) in [5.41, 5.74) is 1.80. The molecule has 0 bridgehead atoms. The summed E-state index contributed by atoms with van der Waals surface area (Å²) in [6.45, 7) is 1.96. The molecule has 1 fully saturated rings. The van der Waals surface area contributed by atoms with Gasteiger partial charge in [0.05, 0.1) is 30.1 Å². The number of nitrogens with one attached hydrogen (secondary N) is 1. The molecule has 1 aliphatic heterocycles. The van der Waals surface area contributed by atoms with Crippen LogP contribution >= 0.6 is 23.1 Å². The van der Waals surface area contributed by atoms with E-state index >= 15 is 0 Å². The number of benzene rings is 1. The van der Waals surface area contributed by atoms with E-state index in [0.29, 0.717) is 11.6 Å².